The first-order chi connectivity index (χ1) is 14.1. The molecule has 0 bridgehead atoms. The summed E-state index contributed by atoms with van der Waals surface area (Å²) < 4.78 is 7.10. The molecule has 0 unspecified atom stereocenters. The smallest absolute Gasteiger partial charge is 0.194 e. The quantitative estimate of drug-likeness (QED) is 0.281. The minimum absolute atomic E-state index is 0. The largest absolute Gasteiger partial charge is 0.508 e. The van der Waals surface area contributed by atoms with Gasteiger partial charge in [0.2, 0.25) is 0 Å². The number of para-hydroxylation sites is 1. The van der Waals surface area contributed by atoms with Gasteiger partial charge in [-0.15, -0.1) is 24.0 Å². The number of halogens is 1. The zero-order valence-corrected chi connectivity index (χ0v) is 19.8. The lowest BCUT2D eigenvalue weighted by molar-refractivity contribution is 0.410. The highest BCUT2D eigenvalue weighted by Gasteiger charge is 2.10. The van der Waals surface area contributed by atoms with Gasteiger partial charge in [0.15, 0.2) is 5.96 Å². The summed E-state index contributed by atoms with van der Waals surface area (Å²) >= 11 is 0. The van der Waals surface area contributed by atoms with Crippen molar-refractivity contribution in [3.05, 3.63) is 72.1 Å². The van der Waals surface area contributed by atoms with E-state index in [1.165, 1.54) is 0 Å². The van der Waals surface area contributed by atoms with Crippen LogP contribution in [0, 0.1) is 0 Å². The fraction of sp³-hybridized carbons (Fsp3) is 0.273. The van der Waals surface area contributed by atoms with Gasteiger partial charge in [-0.3, -0.25) is 0 Å². The van der Waals surface area contributed by atoms with Crippen LogP contribution in [-0.4, -0.2) is 46.4 Å². The molecule has 0 radical (unpaired) electrons. The van der Waals surface area contributed by atoms with Gasteiger partial charge in [-0.1, -0.05) is 18.2 Å². The van der Waals surface area contributed by atoms with Gasteiger partial charge in [-0.2, -0.15) is 5.10 Å². The van der Waals surface area contributed by atoms with Gasteiger partial charge in [0.05, 0.1) is 25.5 Å². The number of methoxy groups -OCH3 is 1. The molecule has 3 rings (SSSR count). The monoisotopic (exact) mass is 521 g/mol. The maximum atomic E-state index is 10.1. The predicted molar refractivity (Wildman–Crippen MR) is 130 cm³/mol. The van der Waals surface area contributed by atoms with Gasteiger partial charge >= 0.3 is 0 Å². The van der Waals surface area contributed by atoms with Gasteiger partial charge in [-0.05, 0) is 37.3 Å². The number of nitrogens with zero attached hydrogens (tertiary/aromatic N) is 4. The molecule has 3 aromatic rings. The second-order valence-electron chi connectivity index (χ2n) is 6.65. The Labute approximate surface area is 194 Å². The molecule has 0 saturated heterocycles. The predicted octanol–water partition coefficient (Wildman–Crippen LogP) is 3.80. The van der Waals surface area contributed by atoms with E-state index in [-0.39, 0.29) is 29.7 Å². The number of hydrogen-bond acceptors (Lipinski definition) is 4. The molecule has 0 aliphatic rings. The molecule has 2 N–H and O–H groups in total. The van der Waals surface area contributed by atoms with Crippen molar-refractivity contribution < 1.29 is 9.84 Å². The fourth-order valence-corrected chi connectivity index (χ4v) is 2.96. The van der Waals surface area contributed by atoms with Crippen molar-refractivity contribution in [1.29, 1.82) is 0 Å². The van der Waals surface area contributed by atoms with Crippen molar-refractivity contribution in [2.24, 2.45) is 4.99 Å². The van der Waals surface area contributed by atoms with Crippen molar-refractivity contribution in [3.8, 4) is 17.2 Å². The number of benzene rings is 2. The van der Waals surface area contributed by atoms with Crippen LogP contribution in [0.1, 0.15) is 18.1 Å². The molecule has 0 aliphatic carbocycles. The first kappa shape index (κ1) is 23.5. The number of ether oxygens (including phenoxy) is 1. The zero-order valence-electron chi connectivity index (χ0n) is 17.4. The van der Waals surface area contributed by atoms with E-state index in [1.54, 1.807) is 25.3 Å². The van der Waals surface area contributed by atoms with Crippen LogP contribution in [0.2, 0.25) is 0 Å². The Bertz CT molecular complexity index is 959. The summed E-state index contributed by atoms with van der Waals surface area (Å²) in [4.78, 5) is 6.70. The summed E-state index contributed by atoms with van der Waals surface area (Å²) in [6, 6.07) is 15.2. The van der Waals surface area contributed by atoms with E-state index in [0.717, 1.165) is 23.8 Å². The van der Waals surface area contributed by atoms with Crippen molar-refractivity contribution in [1.82, 2.24) is 20.0 Å². The third-order valence-electron chi connectivity index (χ3n) is 4.46. The summed E-state index contributed by atoms with van der Waals surface area (Å²) in [5.41, 5.74) is 2.81. The Morgan fingerprint density at radius 2 is 2.00 bits per heavy atom. The average Bonchev–Trinajstić information content (AvgIpc) is 3.21. The van der Waals surface area contributed by atoms with Crippen LogP contribution < -0.4 is 10.1 Å². The van der Waals surface area contributed by atoms with E-state index < -0.39 is 0 Å². The lowest BCUT2D eigenvalue weighted by Crippen LogP contribution is -2.38. The SMILES string of the molecule is CCNC(=NCc1cc(OC)ccc1O)N(C)Cc1cnn(-c2ccccc2)c1.I. The van der Waals surface area contributed by atoms with E-state index in [9.17, 15) is 5.11 Å². The van der Waals surface area contributed by atoms with Crippen LogP contribution in [-0.2, 0) is 13.1 Å². The molecular formula is C22H28IN5O2. The molecule has 1 aromatic heterocycles. The van der Waals surface area contributed by atoms with Crippen LogP contribution in [0.4, 0.5) is 0 Å². The summed E-state index contributed by atoms with van der Waals surface area (Å²) in [7, 11) is 3.58. The van der Waals surface area contributed by atoms with E-state index in [4.69, 9.17) is 4.74 Å². The number of guanidine groups is 1. The normalized spacial score (nSPS) is 11.0. The second-order valence-corrected chi connectivity index (χ2v) is 6.65. The Morgan fingerprint density at radius 1 is 1.23 bits per heavy atom. The van der Waals surface area contributed by atoms with E-state index in [2.05, 4.69) is 15.4 Å². The van der Waals surface area contributed by atoms with Crippen molar-refractivity contribution >= 4 is 29.9 Å². The molecule has 0 fully saturated rings. The minimum Gasteiger partial charge on any atom is -0.508 e. The first-order valence-electron chi connectivity index (χ1n) is 9.55. The Kier molecular flexibility index (Phi) is 8.97. The van der Waals surface area contributed by atoms with Gasteiger partial charge < -0.3 is 20.1 Å². The molecule has 0 amide bonds. The van der Waals surface area contributed by atoms with Crippen LogP contribution in [0.25, 0.3) is 5.69 Å². The topological polar surface area (TPSA) is 74.9 Å². The van der Waals surface area contributed by atoms with Gasteiger partial charge in [-0.25, -0.2) is 9.67 Å². The van der Waals surface area contributed by atoms with E-state index >= 15 is 0 Å². The molecule has 160 valence electrons. The lowest BCUT2D eigenvalue weighted by atomic mass is 10.2. The van der Waals surface area contributed by atoms with E-state index in [0.29, 0.717) is 24.4 Å². The Hall–Kier alpha value is -2.75. The maximum absolute atomic E-state index is 10.1. The fourth-order valence-electron chi connectivity index (χ4n) is 2.96. The Morgan fingerprint density at radius 3 is 2.70 bits per heavy atom. The molecule has 30 heavy (non-hydrogen) atoms. The molecule has 2 aromatic carbocycles. The molecule has 8 heteroatoms. The summed E-state index contributed by atoms with van der Waals surface area (Å²) in [5, 5.41) is 17.8. The highest BCUT2D eigenvalue weighted by atomic mass is 127. The first-order valence-corrected chi connectivity index (χ1v) is 9.55. The summed E-state index contributed by atoms with van der Waals surface area (Å²) in [6.45, 7) is 3.78. The van der Waals surface area contributed by atoms with Crippen molar-refractivity contribution in [3.63, 3.8) is 0 Å². The number of aromatic nitrogens is 2. The lowest BCUT2D eigenvalue weighted by Gasteiger charge is -2.21. The van der Waals surface area contributed by atoms with Crippen LogP contribution in [0.5, 0.6) is 11.5 Å². The third-order valence-corrected chi connectivity index (χ3v) is 4.46. The number of hydrogen-bond donors (Lipinski definition) is 2. The maximum Gasteiger partial charge on any atom is 0.194 e. The average molecular weight is 521 g/mol. The van der Waals surface area contributed by atoms with Crippen molar-refractivity contribution in [2.75, 3.05) is 20.7 Å². The van der Waals surface area contributed by atoms with E-state index in [1.807, 2.05) is 66.3 Å². The minimum atomic E-state index is 0. The molecule has 0 atom stereocenters. The highest BCUT2D eigenvalue weighted by Crippen LogP contribution is 2.23. The number of nitrogens with one attached hydrogen (secondary N) is 1. The molecule has 7 nitrogen and oxygen atoms in total. The second kappa shape index (κ2) is 11.4. The highest BCUT2D eigenvalue weighted by molar-refractivity contribution is 14.0. The standard InChI is InChI=1S/C22H27N5O2.HI/c1-4-23-22(24-14-18-12-20(29-3)10-11-21(18)28)26(2)15-17-13-25-27(16-17)19-8-6-5-7-9-19;/h5-13,16,28H,4,14-15H2,1-3H3,(H,23,24);1H. The molecule has 0 spiro atoms. The van der Waals surface area contributed by atoms with Crippen LogP contribution >= 0.6 is 24.0 Å². The molecule has 0 aliphatic heterocycles. The van der Waals surface area contributed by atoms with Gasteiger partial charge in [0, 0.05) is 37.5 Å². The van der Waals surface area contributed by atoms with Crippen molar-refractivity contribution in [2.45, 2.75) is 20.0 Å². The molecular weight excluding hydrogens is 493 g/mol. The number of aromatic hydroxyl groups is 1. The number of phenolic OH excluding ortho intramolecular Hbond substituents is 1. The van der Waals surface area contributed by atoms with Crippen LogP contribution in [0.15, 0.2) is 65.9 Å². The third kappa shape index (κ3) is 6.12. The summed E-state index contributed by atoms with van der Waals surface area (Å²) in [5.74, 6) is 1.65. The van der Waals surface area contributed by atoms with Crippen LogP contribution in [0.3, 0.4) is 0 Å². The van der Waals surface area contributed by atoms with Gasteiger partial charge in [0.25, 0.3) is 0 Å². The Balaban J connectivity index is 0.00000320. The molecule has 1 heterocycles. The van der Waals surface area contributed by atoms with Gasteiger partial charge in [0.1, 0.15) is 11.5 Å². The number of aliphatic imine (C=N–C) groups is 1. The molecule has 0 saturated carbocycles. The zero-order chi connectivity index (χ0) is 20.6. The summed E-state index contributed by atoms with van der Waals surface area (Å²) in [6.07, 6.45) is 3.88. The number of rotatable bonds is 7. The number of phenols is 1.